The molecule has 0 aliphatic heterocycles. The molecular formula is C22H20N2. The molecule has 0 atom stereocenters. The van der Waals surface area contributed by atoms with Crippen LogP contribution in [0.4, 0.5) is 0 Å². The second-order valence-corrected chi connectivity index (χ2v) is 5.52. The predicted molar refractivity (Wildman–Crippen MR) is 104 cm³/mol. The standard InChI is InChI=1S/C22H20N2/c1-2-23-22(21-11-7-4-8-12-21)24-17-18-13-15-20(16-14-18)19-9-5-3-6-10-19/h2,4-5,7-17H,1,3,6H2. The molecule has 0 amide bonds. The first kappa shape index (κ1) is 15.9. The van der Waals surface area contributed by atoms with Crippen molar-refractivity contribution in [2.24, 2.45) is 9.98 Å². The molecule has 0 aromatic heterocycles. The molecule has 0 unspecified atom stereocenters. The largest absolute Gasteiger partial charge is 0.237 e. The van der Waals surface area contributed by atoms with E-state index in [0.717, 1.165) is 24.0 Å². The van der Waals surface area contributed by atoms with Gasteiger partial charge in [0.2, 0.25) is 0 Å². The van der Waals surface area contributed by atoms with Crippen LogP contribution in [0.25, 0.3) is 5.57 Å². The third kappa shape index (κ3) is 4.05. The fraction of sp³-hybridized carbons (Fsp3) is 0.0909. The number of amidine groups is 1. The van der Waals surface area contributed by atoms with Crippen molar-refractivity contribution >= 4 is 17.6 Å². The summed E-state index contributed by atoms with van der Waals surface area (Å²) in [6.45, 7) is 3.67. The van der Waals surface area contributed by atoms with E-state index in [1.807, 2.05) is 36.5 Å². The van der Waals surface area contributed by atoms with Crippen LogP contribution in [0, 0.1) is 0 Å². The molecule has 0 heterocycles. The second kappa shape index (κ2) is 8.02. The number of aliphatic imine (C=N–C) groups is 2. The maximum Gasteiger partial charge on any atom is 0.159 e. The lowest BCUT2D eigenvalue weighted by Crippen LogP contribution is -1.97. The van der Waals surface area contributed by atoms with Crippen LogP contribution in [-0.4, -0.2) is 12.1 Å². The fourth-order valence-corrected chi connectivity index (χ4v) is 2.58. The van der Waals surface area contributed by atoms with Crippen molar-refractivity contribution in [3.8, 4) is 0 Å². The Morgan fingerprint density at radius 3 is 2.42 bits per heavy atom. The lowest BCUT2D eigenvalue weighted by molar-refractivity contribution is 1.04. The summed E-state index contributed by atoms with van der Waals surface area (Å²) in [6, 6.07) is 18.3. The normalized spacial score (nSPS) is 14.7. The van der Waals surface area contributed by atoms with E-state index in [1.165, 1.54) is 17.3 Å². The molecule has 0 radical (unpaired) electrons. The molecule has 118 valence electrons. The van der Waals surface area contributed by atoms with Gasteiger partial charge in [-0.05, 0) is 29.5 Å². The quantitative estimate of drug-likeness (QED) is 0.531. The summed E-state index contributed by atoms with van der Waals surface area (Å²) in [5.41, 5.74) is 4.56. The van der Waals surface area contributed by atoms with E-state index in [1.54, 1.807) is 0 Å². The van der Waals surface area contributed by atoms with Crippen LogP contribution in [0.5, 0.6) is 0 Å². The number of rotatable bonds is 4. The van der Waals surface area contributed by atoms with E-state index in [2.05, 4.69) is 59.1 Å². The van der Waals surface area contributed by atoms with Gasteiger partial charge in [0, 0.05) is 18.0 Å². The van der Waals surface area contributed by atoms with Gasteiger partial charge in [-0.1, -0.05) is 79.4 Å². The minimum Gasteiger partial charge on any atom is -0.237 e. The van der Waals surface area contributed by atoms with Crippen LogP contribution < -0.4 is 0 Å². The summed E-state index contributed by atoms with van der Waals surface area (Å²) in [5.74, 6) is 0.660. The SMILES string of the molecule is C=CN=C(N=Cc1ccc(C2=CCCC=C2)cc1)c1ccccc1. The van der Waals surface area contributed by atoms with Gasteiger partial charge in [-0.2, -0.15) is 0 Å². The monoisotopic (exact) mass is 312 g/mol. The zero-order chi connectivity index (χ0) is 16.6. The van der Waals surface area contributed by atoms with Crippen LogP contribution >= 0.6 is 0 Å². The molecule has 2 aromatic carbocycles. The minimum absolute atomic E-state index is 0.660. The number of hydrogen-bond donors (Lipinski definition) is 0. The third-order valence-corrected chi connectivity index (χ3v) is 3.82. The average molecular weight is 312 g/mol. The Morgan fingerprint density at radius 1 is 0.958 bits per heavy atom. The van der Waals surface area contributed by atoms with Crippen LogP contribution in [0.2, 0.25) is 0 Å². The molecule has 0 N–H and O–H groups in total. The fourth-order valence-electron chi connectivity index (χ4n) is 2.58. The topological polar surface area (TPSA) is 24.7 Å². The lowest BCUT2D eigenvalue weighted by Gasteiger charge is -2.07. The molecule has 0 saturated heterocycles. The Kier molecular flexibility index (Phi) is 5.31. The lowest BCUT2D eigenvalue weighted by atomic mass is 9.99. The minimum atomic E-state index is 0.660. The number of benzene rings is 2. The Morgan fingerprint density at radius 2 is 1.75 bits per heavy atom. The van der Waals surface area contributed by atoms with E-state index in [0.29, 0.717) is 5.84 Å². The van der Waals surface area contributed by atoms with Gasteiger partial charge in [-0.15, -0.1) is 0 Å². The van der Waals surface area contributed by atoms with Crippen molar-refractivity contribution in [3.63, 3.8) is 0 Å². The predicted octanol–water partition coefficient (Wildman–Crippen LogP) is 5.43. The van der Waals surface area contributed by atoms with Gasteiger partial charge in [-0.3, -0.25) is 0 Å². The Bertz CT molecular complexity index is 807. The molecule has 2 aromatic rings. The average Bonchev–Trinajstić information content (AvgIpc) is 2.67. The van der Waals surface area contributed by atoms with Crippen LogP contribution in [-0.2, 0) is 0 Å². The summed E-state index contributed by atoms with van der Waals surface area (Å²) in [4.78, 5) is 8.79. The highest BCUT2D eigenvalue weighted by molar-refractivity contribution is 6.05. The van der Waals surface area contributed by atoms with Gasteiger partial charge in [0.1, 0.15) is 0 Å². The molecule has 3 rings (SSSR count). The number of nitrogens with zero attached hydrogens (tertiary/aromatic N) is 2. The van der Waals surface area contributed by atoms with Crippen molar-refractivity contribution in [1.29, 1.82) is 0 Å². The Hall–Kier alpha value is -3.00. The Labute approximate surface area is 143 Å². The summed E-state index contributed by atoms with van der Waals surface area (Å²) in [5, 5.41) is 0. The van der Waals surface area contributed by atoms with E-state index in [-0.39, 0.29) is 0 Å². The second-order valence-electron chi connectivity index (χ2n) is 5.52. The molecule has 2 heteroatoms. The maximum absolute atomic E-state index is 4.52. The molecule has 0 saturated carbocycles. The molecule has 0 bridgehead atoms. The van der Waals surface area contributed by atoms with Crippen LogP contribution in [0.1, 0.15) is 29.5 Å². The molecule has 2 nitrogen and oxygen atoms in total. The van der Waals surface area contributed by atoms with E-state index >= 15 is 0 Å². The molecule has 1 aliphatic carbocycles. The van der Waals surface area contributed by atoms with E-state index in [4.69, 9.17) is 0 Å². The maximum atomic E-state index is 4.52. The summed E-state index contributed by atoms with van der Waals surface area (Å²) >= 11 is 0. The smallest absolute Gasteiger partial charge is 0.159 e. The first-order valence-electron chi connectivity index (χ1n) is 8.12. The van der Waals surface area contributed by atoms with Gasteiger partial charge in [-0.25, -0.2) is 9.98 Å². The number of allylic oxidation sites excluding steroid dienone is 4. The summed E-state index contributed by atoms with van der Waals surface area (Å²) < 4.78 is 0. The van der Waals surface area contributed by atoms with Gasteiger partial charge in [0.15, 0.2) is 5.84 Å². The summed E-state index contributed by atoms with van der Waals surface area (Å²) in [7, 11) is 0. The Balaban J connectivity index is 1.78. The van der Waals surface area contributed by atoms with E-state index in [9.17, 15) is 0 Å². The van der Waals surface area contributed by atoms with Crippen molar-refractivity contribution in [3.05, 3.63) is 102 Å². The first-order chi connectivity index (χ1) is 11.9. The molecule has 24 heavy (non-hydrogen) atoms. The van der Waals surface area contributed by atoms with Crippen molar-refractivity contribution in [2.75, 3.05) is 0 Å². The van der Waals surface area contributed by atoms with Gasteiger partial charge in [0.05, 0.1) is 0 Å². The molecule has 0 fully saturated rings. The summed E-state index contributed by atoms with van der Waals surface area (Å²) in [6.07, 6.45) is 12.3. The molecule has 0 spiro atoms. The highest BCUT2D eigenvalue weighted by atomic mass is 14.9. The van der Waals surface area contributed by atoms with E-state index < -0.39 is 0 Å². The van der Waals surface area contributed by atoms with Crippen LogP contribution in [0.3, 0.4) is 0 Å². The van der Waals surface area contributed by atoms with Gasteiger partial charge >= 0.3 is 0 Å². The van der Waals surface area contributed by atoms with Crippen molar-refractivity contribution in [1.82, 2.24) is 0 Å². The highest BCUT2D eigenvalue weighted by Gasteiger charge is 2.02. The third-order valence-electron chi connectivity index (χ3n) is 3.82. The van der Waals surface area contributed by atoms with Crippen molar-refractivity contribution < 1.29 is 0 Å². The van der Waals surface area contributed by atoms with Gasteiger partial charge < -0.3 is 0 Å². The van der Waals surface area contributed by atoms with Gasteiger partial charge in [0.25, 0.3) is 0 Å². The van der Waals surface area contributed by atoms with Crippen LogP contribution in [0.15, 0.2) is 95.6 Å². The van der Waals surface area contributed by atoms with Crippen molar-refractivity contribution in [2.45, 2.75) is 12.8 Å². The number of hydrogen-bond acceptors (Lipinski definition) is 1. The zero-order valence-corrected chi connectivity index (χ0v) is 13.6. The first-order valence-corrected chi connectivity index (χ1v) is 8.12. The zero-order valence-electron chi connectivity index (χ0n) is 13.6. The molecular weight excluding hydrogens is 292 g/mol. The molecule has 1 aliphatic rings. The highest BCUT2D eigenvalue weighted by Crippen LogP contribution is 2.21.